The van der Waals surface area contributed by atoms with Gasteiger partial charge in [-0.15, -0.1) is 0 Å². The Morgan fingerprint density at radius 3 is 2.17 bits per heavy atom. The second-order valence-corrected chi connectivity index (χ2v) is 11.1. The summed E-state index contributed by atoms with van der Waals surface area (Å²) in [5, 5.41) is 0.740. The highest BCUT2D eigenvalue weighted by atomic mass is 32.1. The Morgan fingerprint density at radius 2 is 1.58 bits per heavy atom. The van der Waals surface area contributed by atoms with Gasteiger partial charge in [0.1, 0.15) is 22.0 Å². The van der Waals surface area contributed by atoms with Crippen molar-refractivity contribution in [1.82, 2.24) is 9.88 Å². The van der Waals surface area contributed by atoms with E-state index in [0.717, 1.165) is 29.3 Å². The molecule has 2 aromatic carbocycles. The lowest BCUT2D eigenvalue weighted by atomic mass is 10.1. The molecule has 2 amide bonds. The van der Waals surface area contributed by atoms with Crippen molar-refractivity contribution in [3.63, 3.8) is 0 Å². The average molecular weight is 507 g/mol. The van der Waals surface area contributed by atoms with Crippen LogP contribution in [0.5, 0.6) is 11.5 Å². The van der Waals surface area contributed by atoms with E-state index in [1.54, 1.807) is 0 Å². The van der Waals surface area contributed by atoms with Crippen LogP contribution in [0, 0.1) is 0 Å². The fourth-order valence-electron chi connectivity index (χ4n) is 4.78. The van der Waals surface area contributed by atoms with E-state index in [1.807, 2.05) is 80.3 Å². The first-order chi connectivity index (χ1) is 17.2. The first-order valence-corrected chi connectivity index (χ1v) is 12.9. The quantitative estimate of drug-likeness (QED) is 0.505. The number of primary amides is 1. The highest BCUT2D eigenvalue weighted by Crippen LogP contribution is 2.38. The number of amides is 2. The topological polar surface area (TPSA) is 98.0 Å². The van der Waals surface area contributed by atoms with Crippen molar-refractivity contribution in [3.05, 3.63) is 59.5 Å². The second kappa shape index (κ2) is 9.46. The number of ether oxygens (including phenoxy) is 2. The van der Waals surface area contributed by atoms with E-state index < -0.39 is 11.5 Å². The Hall–Kier alpha value is -3.59. The number of aromatic nitrogens is 1. The molecule has 2 aliphatic rings. The summed E-state index contributed by atoms with van der Waals surface area (Å²) in [6.45, 7) is 6.93. The summed E-state index contributed by atoms with van der Waals surface area (Å²) in [6, 6.07) is 17.1. The van der Waals surface area contributed by atoms with Crippen LogP contribution in [0.25, 0.3) is 11.3 Å². The van der Waals surface area contributed by atoms with Crippen LogP contribution in [0.3, 0.4) is 0 Å². The molecule has 2 N–H and O–H groups in total. The third-order valence-electron chi connectivity index (χ3n) is 6.30. The Balaban J connectivity index is 1.35. The van der Waals surface area contributed by atoms with Crippen LogP contribution >= 0.6 is 11.3 Å². The van der Waals surface area contributed by atoms with E-state index in [4.69, 9.17) is 20.2 Å². The lowest BCUT2D eigenvalue weighted by molar-refractivity contribution is 0.0123. The van der Waals surface area contributed by atoms with E-state index >= 15 is 0 Å². The van der Waals surface area contributed by atoms with Crippen LogP contribution in [0.2, 0.25) is 0 Å². The fraction of sp³-hybridized carbons (Fsp3) is 0.370. The van der Waals surface area contributed by atoms with Gasteiger partial charge in [0.25, 0.3) is 5.91 Å². The number of hydrogen-bond donors (Lipinski definition) is 1. The molecule has 188 valence electrons. The number of benzene rings is 2. The van der Waals surface area contributed by atoms with Gasteiger partial charge in [0.05, 0.1) is 17.8 Å². The van der Waals surface area contributed by atoms with Crippen molar-refractivity contribution in [2.45, 2.75) is 51.3 Å². The number of piperazine rings is 1. The van der Waals surface area contributed by atoms with Crippen molar-refractivity contribution in [2.24, 2.45) is 5.73 Å². The maximum Gasteiger partial charge on any atom is 0.410 e. The van der Waals surface area contributed by atoms with E-state index in [-0.39, 0.29) is 18.2 Å². The maximum absolute atomic E-state index is 12.8. The van der Waals surface area contributed by atoms with Gasteiger partial charge < -0.3 is 20.1 Å². The normalized spacial score (nSPS) is 19.3. The number of thiazole rings is 1. The van der Waals surface area contributed by atoms with E-state index in [1.165, 1.54) is 11.3 Å². The molecule has 3 heterocycles. The zero-order valence-corrected chi connectivity index (χ0v) is 21.5. The zero-order chi connectivity index (χ0) is 25.4. The van der Waals surface area contributed by atoms with E-state index in [9.17, 15) is 9.59 Å². The monoisotopic (exact) mass is 506 g/mol. The fourth-order valence-corrected chi connectivity index (χ4v) is 5.74. The number of para-hydroxylation sites is 1. The van der Waals surface area contributed by atoms with Gasteiger partial charge in [0, 0.05) is 18.7 Å². The standard InChI is InChI=1S/C27H30N4O4S/c1-27(2,3)35-26(33)31-18-11-12-19(31)16-30(15-18)25-29-22(23(36-25)24(28)32)17-9-13-21(14-10-17)34-20-7-5-4-6-8-20/h4-10,13-14,18-19H,11-12,15-16H2,1-3H3,(H2,28,32). The number of nitrogens with two attached hydrogens (primary N) is 1. The number of nitrogens with zero attached hydrogens (tertiary/aromatic N) is 3. The third kappa shape index (κ3) is 5.02. The molecule has 2 fully saturated rings. The smallest absolute Gasteiger partial charge is 0.410 e. The van der Waals surface area contributed by atoms with Crippen LogP contribution in [0.4, 0.5) is 9.93 Å². The van der Waals surface area contributed by atoms with Crippen molar-refractivity contribution in [2.75, 3.05) is 18.0 Å². The minimum atomic E-state index is -0.532. The molecule has 9 heteroatoms. The van der Waals surface area contributed by atoms with Gasteiger partial charge in [-0.1, -0.05) is 29.5 Å². The number of rotatable bonds is 5. The summed E-state index contributed by atoms with van der Waals surface area (Å²) in [5.41, 5.74) is 6.56. The molecule has 0 radical (unpaired) electrons. The lowest BCUT2D eigenvalue weighted by Crippen LogP contribution is -2.56. The van der Waals surface area contributed by atoms with E-state index in [0.29, 0.717) is 29.4 Å². The molecule has 8 nitrogen and oxygen atoms in total. The summed E-state index contributed by atoms with van der Waals surface area (Å²) in [4.78, 5) is 34.4. The maximum atomic E-state index is 12.8. The second-order valence-electron chi connectivity index (χ2n) is 10.2. The molecule has 0 saturated carbocycles. The van der Waals surface area contributed by atoms with Gasteiger partial charge in [-0.2, -0.15) is 0 Å². The molecule has 5 rings (SSSR count). The van der Waals surface area contributed by atoms with Gasteiger partial charge in [-0.05, 0) is 70.0 Å². The molecular weight excluding hydrogens is 476 g/mol. The molecule has 0 spiro atoms. The van der Waals surface area contributed by atoms with Crippen molar-refractivity contribution < 1.29 is 19.1 Å². The Kier molecular flexibility index (Phi) is 6.34. The summed E-state index contributed by atoms with van der Waals surface area (Å²) in [7, 11) is 0. The van der Waals surface area contributed by atoms with Crippen LogP contribution in [-0.2, 0) is 4.74 Å². The average Bonchev–Trinajstić information content (AvgIpc) is 3.39. The predicted molar refractivity (Wildman–Crippen MR) is 140 cm³/mol. The molecular formula is C27H30N4O4S. The van der Waals surface area contributed by atoms with Crippen molar-refractivity contribution in [1.29, 1.82) is 0 Å². The number of carbonyl (C=O) groups excluding carboxylic acids is 2. The van der Waals surface area contributed by atoms with Crippen molar-refractivity contribution >= 4 is 28.5 Å². The first kappa shape index (κ1) is 24.1. The van der Waals surface area contributed by atoms with Gasteiger partial charge in [0.15, 0.2) is 5.13 Å². The Labute approximate surface area is 214 Å². The zero-order valence-electron chi connectivity index (χ0n) is 20.6. The first-order valence-electron chi connectivity index (χ1n) is 12.1. The van der Waals surface area contributed by atoms with Gasteiger partial charge in [-0.25, -0.2) is 9.78 Å². The van der Waals surface area contributed by atoms with Crippen LogP contribution in [0.15, 0.2) is 54.6 Å². The highest BCUT2D eigenvalue weighted by Gasteiger charge is 2.45. The van der Waals surface area contributed by atoms with Crippen LogP contribution < -0.4 is 15.4 Å². The molecule has 2 bridgehead atoms. The minimum Gasteiger partial charge on any atom is -0.457 e. The van der Waals surface area contributed by atoms with Gasteiger partial charge in [0.2, 0.25) is 0 Å². The van der Waals surface area contributed by atoms with Crippen LogP contribution in [-0.4, -0.2) is 52.7 Å². The summed E-state index contributed by atoms with van der Waals surface area (Å²) in [6.07, 6.45) is 1.58. The van der Waals surface area contributed by atoms with E-state index in [2.05, 4.69) is 4.90 Å². The summed E-state index contributed by atoms with van der Waals surface area (Å²) >= 11 is 1.30. The van der Waals surface area contributed by atoms with Gasteiger partial charge >= 0.3 is 6.09 Å². The molecule has 2 unspecified atom stereocenters. The Morgan fingerprint density at radius 1 is 0.972 bits per heavy atom. The van der Waals surface area contributed by atoms with Gasteiger partial charge in [-0.3, -0.25) is 9.69 Å². The molecule has 0 aliphatic carbocycles. The Bertz CT molecular complexity index is 1240. The number of carbonyl (C=O) groups is 2. The highest BCUT2D eigenvalue weighted by molar-refractivity contribution is 7.18. The summed E-state index contributed by atoms with van der Waals surface area (Å²) < 4.78 is 11.5. The lowest BCUT2D eigenvalue weighted by Gasteiger charge is -2.41. The SMILES string of the molecule is CC(C)(C)OC(=O)N1C2CCC1CN(c1nc(-c3ccc(Oc4ccccc4)cc3)c(C(N)=O)s1)C2. The molecule has 2 atom stereocenters. The predicted octanol–water partition coefficient (Wildman–Crippen LogP) is 5.29. The van der Waals surface area contributed by atoms with Crippen molar-refractivity contribution in [3.8, 4) is 22.8 Å². The number of fused-ring (bicyclic) bond motifs is 2. The minimum absolute atomic E-state index is 0.0531. The number of hydrogen-bond acceptors (Lipinski definition) is 7. The molecule has 2 saturated heterocycles. The molecule has 1 aromatic heterocycles. The van der Waals surface area contributed by atoms with Crippen LogP contribution in [0.1, 0.15) is 43.3 Å². The largest absolute Gasteiger partial charge is 0.457 e. The molecule has 3 aromatic rings. The molecule has 36 heavy (non-hydrogen) atoms. The number of anilines is 1. The summed E-state index contributed by atoms with van der Waals surface area (Å²) in [5.74, 6) is 0.934. The third-order valence-corrected chi connectivity index (χ3v) is 7.43. The molecule has 2 aliphatic heterocycles.